The number of carboxylic acids is 1. The molecule has 0 saturated heterocycles. The van der Waals surface area contributed by atoms with Gasteiger partial charge in [-0.15, -0.1) is 13.2 Å². The maximum Gasteiger partial charge on any atom is 0.574 e. The molecule has 0 spiro atoms. The molecule has 5 nitrogen and oxygen atoms in total. The van der Waals surface area contributed by atoms with Crippen LogP contribution in [0.5, 0.6) is 11.6 Å². The summed E-state index contributed by atoms with van der Waals surface area (Å²) in [7, 11) is 1.23. The fraction of sp³-hybridized carbons (Fsp3) is 0.400. The molecular weight excluding hydrogens is 255 g/mol. The number of ether oxygens (including phenoxy) is 2. The molecule has 0 aliphatic carbocycles. The van der Waals surface area contributed by atoms with Crippen LogP contribution < -0.4 is 9.47 Å². The predicted molar refractivity (Wildman–Crippen MR) is 53.5 cm³/mol. The van der Waals surface area contributed by atoms with Gasteiger partial charge in [0.05, 0.1) is 19.1 Å². The molecule has 0 saturated carbocycles. The van der Waals surface area contributed by atoms with Crippen molar-refractivity contribution in [3.63, 3.8) is 0 Å². The summed E-state index contributed by atoms with van der Waals surface area (Å²) in [6.45, 7) is 1.30. The SMILES string of the molecule is COc1c(CC(=O)O)cnc(OC(F)(F)F)c1C. The first-order valence-corrected chi connectivity index (χ1v) is 4.74. The van der Waals surface area contributed by atoms with Crippen LogP contribution in [-0.4, -0.2) is 29.5 Å². The van der Waals surface area contributed by atoms with E-state index in [0.717, 1.165) is 6.20 Å². The Balaban J connectivity index is 3.15. The quantitative estimate of drug-likeness (QED) is 0.900. The molecule has 1 aromatic rings. The maximum atomic E-state index is 12.1. The van der Waals surface area contributed by atoms with Gasteiger partial charge in [0.2, 0.25) is 5.88 Å². The van der Waals surface area contributed by atoms with Crippen LogP contribution in [-0.2, 0) is 11.2 Å². The van der Waals surface area contributed by atoms with Crippen LogP contribution in [0.3, 0.4) is 0 Å². The number of carboxylic acid groups (broad SMARTS) is 1. The first-order chi connectivity index (χ1) is 8.24. The minimum absolute atomic E-state index is 0.00595. The van der Waals surface area contributed by atoms with Crippen molar-refractivity contribution >= 4 is 5.97 Å². The lowest BCUT2D eigenvalue weighted by Crippen LogP contribution is -2.19. The molecular formula is C10H10F3NO4. The average molecular weight is 265 g/mol. The third kappa shape index (κ3) is 3.51. The summed E-state index contributed by atoms with van der Waals surface area (Å²) in [5.41, 5.74) is 0.172. The van der Waals surface area contributed by atoms with Gasteiger partial charge in [-0.05, 0) is 6.92 Å². The van der Waals surface area contributed by atoms with Gasteiger partial charge in [0.25, 0.3) is 0 Å². The number of rotatable bonds is 4. The summed E-state index contributed by atoms with van der Waals surface area (Å²) >= 11 is 0. The molecule has 0 amide bonds. The minimum Gasteiger partial charge on any atom is -0.496 e. The summed E-state index contributed by atoms with van der Waals surface area (Å²) in [5.74, 6) is -1.78. The van der Waals surface area contributed by atoms with E-state index in [1.54, 1.807) is 0 Å². The van der Waals surface area contributed by atoms with E-state index < -0.39 is 24.6 Å². The molecule has 0 unspecified atom stereocenters. The lowest BCUT2D eigenvalue weighted by Gasteiger charge is -2.14. The van der Waals surface area contributed by atoms with Gasteiger partial charge in [0, 0.05) is 11.8 Å². The molecule has 0 aliphatic rings. The Morgan fingerprint density at radius 1 is 1.50 bits per heavy atom. The number of hydrogen-bond donors (Lipinski definition) is 1. The molecule has 100 valence electrons. The van der Waals surface area contributed by atoms with Gasteiger partial charge in [-0.25, -0.2) is 4.98 Å². The van der Waals surface area contributed by atoms with Crippen molar-refractivity contribution in [1.29, 1.82) is 0 Å². The Kier molecular flexibility index (Phi) is 4.00. The number of aromatic nitrogens is 1. The summed E-state index contributed by atoms with van der Waals surface area (Å²) in [6, 6.07) is 0. The summed E-state index contributed by atoms with van der Waals surface area (Å²) < 4.78 is 44.8. The molecule has 1 aromatic heterocycles. The Hall–Kier alpha value is -1.99. The van der Waals surface area contributed by atoms with E-state index in [1.807, 2.05) is 0 Å². The van der Waals surface area contributed by atoms with Crippen LogP contribution in [0.25, 0.3) is 0 Å². The predicted octanol–water partition coefficient (Wildman–Crippen LogP) is 1.92. The standard InChI is InChI=1S/C10H10F3NO4/c1-5-8(17-2)6(3-7(15)16)4-14-9(5)18-10(11,12)13/h4H,3H2,1-2H3,(H,15,16). The van der Waals surface area contributed by atoms with Crippen LogP contribution in [0, 0.1) is 6.92 Å². The lowest BCUT2D eigenvalue weighted by atomic mass is 10.1. The van der Waals surface area contributed by atoms with Crippen LogP contribution in [0.2, 0.25) is 0 Å². The Morgan fingerprint density at radius 3 is 2.56 bits per heavy atom. The number of methoxy groups -OCH3 is 1. The van der Waals surface area contributed by atoms with Crippen LogP contribution in [0.4, 0.5) is 13.2 Å². The van der Waals surface area contributed by atoms with Crippen molar-refractivity contribution in [3.8, 4) is 11.6 Å². The van der Waals surface area contributed by atoms with Gasteiger partial charge < -0.3 is 14.6 Å². The van der Waals surface area contributed by atoms with Crippen LogP contribution in [0.15, 0.2) is 6.20 Å². The van der Waals surface area contributed by atoms with Gasteiger partial charge in [-0.2, -0.15) is 0 Å². The van der Waals surface area contributed by atoms with Crippen LogP contribution in [0.1, 0.15) is 11.1 Å². The van der Waals surface area contributed by atoms with Gasteiger partial charge in [0.15, 0.2) is 0 Å². The Bertz CT molecular complexity index is 459. The van der Waals surface area contributed by atoms with Gasteiger partial charge in [-0.1, -0.05) is 0 Å². The zero-order valence-corrected chi connectivity index (χ0v) is 9.54. The van der Waals surface area contributed by atoms with Crippen molar-refractivity contribution in [2.45, 2.75) is 19.7 Å². The summed E-state index contributed by atoms with van der Waals surface area (Å²) in [6.07, 6.45) is -4.28. The molecule has 0 aromatic carbocycles. The molecule has 1 N–H and O–H groups in total. The van der Waals surface area contributed by atoms with E-state index in [9.17, 15) is 18.0 Å². The zero-order chi connectivity index (χ0) is 13.9. The van der Waals surface area contributed by atoms with E-state index in [-0.39, 0.29) is 16.9 Å². The van der Waals surface area contributed by atoms with Crippen molar-refractivity contribution in [2.24, 2.45) is 0 Å². The second-order valence-corrected chi connectivity index (χ2v) is 3.37. The molecule has 1 heterocycles. The normalized spacial score (nSPS) is 11.2. The summed E-state index contributed by atoms with van der Waals surface area (Å²) in [5, 5.41) is 8.64. The van der Waals surface area contributed by atoms with Crippen molar-refractivity contribution in [3.05, 3.63) is 17.3 Å². The zero-order valence-electron chi connectivity index (χ0n) is 9.54. The monoisotopic (exact) mass is 265 g/mol. The second kappa shape index (κ2) is 5.11. The van der Waals surface area contributed by atoms with Crippen molar-refractivity contribution in [1.82, 2.24) is 4.98 Å². The number of carbonyl (C=O) groups is 1. The minimum atomic E-state index is -4.86. The molecule has 0 aliphatic heterocycles. The fourth-order valence-electron chi connectivity index (χ4n) is 1.42. The topological polar surface area (TPSA) is 68.7 Å². The molecule has 0 bridgehead atoms. The Labute approximate surface area is 100 Å². The average Bonchev–Trinajstić information content (AvgIpc) is 2.20. The first kappa shape index (κ1) is 14.1. The highest BCUT2D eigenvalue weighted by Gasteiger charge is 2.33. The van der Waals surface area contributed by atoms with E-state index in [0.29, 0.717) is 0 Å². The number of halogens is 3. The highest BCUT2D eigenvalue weighted by Crippen LogP contribution is 2.32. The Morgan fingerprint density at radius 2 is 2.11 bits per heavy atom. The van der Waals surface area contributed by atoms with Gasteiger partial charge >= 0.3 is 12.3 Å². The summed E-state index contributed by atoms with van der Waals surface area (Å²) in [4.78, 5) is 14.0. The maximum absolute atomic E-state index is 12.1. The third-order valence-corrected chi connectivity index (χ3v) is 2.05. The van der Waals surface area contributed by atoms with Gasteiger partial charge in [0.1, 0.15) is 5.75 Å². The third-order valence-electron chi connectivity index (χ3n) is 2.05. The van der Waals surface area contributed by atoms with E-state index in [4.69, 9.17) is 9.84 Å². The first-order valence-electron chi connectivity index (χ1n) is 4.74. The van der Waals surface area contributed by atoms with E-state index in [1.165, 1.54) is 14.0 Å². The number of nitrogens with zero attached hydrogens (tertiary/aromatic N) is 1. The molecule has 0 fully saturated rings. The van der Waals surface area contributed by atoms with Crippen molar-refractivity contribution < 1.29 is 32.5 Å². The fourth-order valence-corrected chi connectivity index (χ4v) is 1.42. The number of aliphatic carboxylic acids is 1. The molecule has 0 atom stereocenters. The number of alkyl halides is 3. The highest BCUT2D eigenvalue weighted by molar-refractivity contribution is 5.71. The number of pyridine rings is 1. The lowest BCUT2D eigenvalue weighted by molar-refractivity contribution is -0.276. The number of hydrogen-bond acceptors (Lipinski definition) is 4. The van der Waals surface area contributed by atoms with Gasteiger partial charge in [-0.3, -0.25) is 4.79 Å². The van der Waals surface area contributed by atoms with Crippen LogP contribution >= 0.6 is 0 Å². The molecule has 1 rings (SSSR count). The second-order valence-electron chi connectivity index (χ2n) is 3.37. The molecule has 18 heavy (non-hydrogen) atoms. The van der Waals surface area contributed by atoms with E-state index in [2.05, 4.69) is 9.72 Å². The van der Waals surface area contributed by atoms with E-state index >= 15 is 0 Å². The molecule has 0 radical (unpaired) electrons. The van der Waals surface area contributed by atoms with Crippen molar-refractivity contribution in [2.75, 3.05) is 7.11 Å². The highest BCUT2D eigenvalue weighted by atomic mass is 19.4. The molecule has 8 heteroatoms. The smallest absolute Gasteiger partial charge is 0.496 e. The largest absolute Gasteiger partial charge is 0.574 e.